The number of nitrogens with two attached hydrogens (primary N) is 1. The van der Waals surface area contributed by atoms with Crippen molar-refractivity contribution in [3.8, 4) is 0 Å². The maximum Gasteiger partial charge on any atom is 0.333 e. The smallest absolute Gasteiger partial charge is 0.333 e. The minimum atomic E-state index is -0.558. The van der Waals surface area contributed by atoms with Crippen LogP contribution in [-0.4, -0.2) is 18.5 Å². The Hall–Kier alpha value is -1.32. The number of unbranched alkanes of at least 4 members (excludes halogenated alkanes) is 11. The quantitative estimate of drug-likeness (QED) is 0.255. The van der Waals surface area contributed by atoms with Crippen LogP contribution in [0.25, 0.3) is 0 Å². The number of rotatable bonds is 16. The molecule has 0 aromatic rings. The lowest BCUT2D eigenvalue weighted by atomic mass is 10.1. The van der Waals surface area contributed by atoms with E-state index in [0.717, 1.165) is 12.8 Å². The first-order valence-electron chi connectivity index (χ1n) is 9.21. The summed E-state index contributed by atoms with van der Waals surface area (Å²) in [5, 5.41) is 0. The van der Waals surface area contributed by atoms with E-state index in [1.54, 1.807) is 0 Å². The Labute approximate surface area is 141 Å². The van der Waals surface area contributed by atoms with Crippen LogP contribution in [0, 0.1) is 0 Å². The van der Waals surface area contributed by atoms with Crippen LogP contribution in [0.4, 0.5) is 0 Å². The van der Waals surface area contributed by atoms with Gasteiger partial charge in [-0.15, -0.1) is 0 Å². The minimum absolute atomic E-state index is 0.128. The summed E-state index contributed by atoms with van der Waals surface area (Å²) in [5.74, 6) is -1.07. The van der Waals surface area contributed by atoms with Gasteiger partial charge in [0.05, 0.1) is 13.0 Å². The molecule has 0 aromatic heterocycles. The van der Waals surface area contributed by atoms with E-state index in [9.17, 15) is 9.59 Å². The van der Waals surface area contributed by atoms with Gasteiger partial charge in [-0.1, -0.05) is 84.1 Å². The van der Waals surface area contributed by atoms with Gasteiger partial charge in [0.1, 0.15) is 0 Å². The van der Waals surface area contributed by atoms with Crippen LogP contribution < -0.4 is 5.73 Å². The Morgan fingerprint density at radius 3 is 1.70 bits per heavy atom. The lowest BCUT2D eigenvalue weighted by Crippen LogP contribution is -2.16. The van der Waals surface area contributed by atoms with Crippen LogP contribution in [0.5, 0.6) is 0 Å². The van der Waals surface area contributed by atoms with E-state index in [0.29, 0.717) is 6.61 Å². The van der Waals surface area contributed by atoms with Gasteiger partial charge in [0.25, 0.3) is 0 Å². The van der Waals surface area contributed by atoms with E-state index in [-0.39, 0.29) is 12.0 Å². The standard InChI is InChI=1S/C19H35NO3/c1-3-4-5-6-7-8-9-10-11-12-13-14-15-23-19(22)17(2)16-18(20)21/h2-16H2,1H3,(H2,20,21). The molecule has 0 aliphatic heterocycles. The number of carbonyl (C=O) groups is 2. The molecule has 1 amide bonds. The average molecular weight is 325 g/mol. The van der Waals surface area contributed by atoms with Crippen molar-refractivity contribution >= 4 is 11.9 Å². The van der Waals surface area contributed by atoms with E-state index in [2.05, 4.69) is 13.5 Å². The molecule has 0 spiro atoms. The molecular formula is C19H35NO3. The topological polar surface area (TPSA) is 69.4 Å². The molecule has 0 aromatic carbocycles. The Morgan fingerprint density at radius 1 is 0.826 bits per heavy atom. The molecule has 0 aliphatic rings. The molecule has 0 bridgehead atoms. The predicted molar refractivity (Wildman–Crippen MR) is 95.0 cm³/mol. The lowest BCUT2D eigenvalue weighted by molar-refractivity contribution is -0.140. The van der Waals surface area contributed by atoms with Gasteiger partial charge in [-0.25, -0.2) is 4.79 Å². The van der Waals surface area contributed by atoms with Crippen molar-refractivity contribution in [2.45, 2.75) is 90.4 Å². The second-order valence-electron chi connectivity index (χ2n) is 6.27. The molecule has 0 unspecified atom stereocenters. The number of hydrogen-bond donors (Lipinski definition) is 1. The molecule has 4 heteroatoms. The molecule has 2 N–H and O–H groups in total. The zero-order valence-electron chi connectivity index (χ0n) is 14.9. The second kappa shape index (κ2) is 15.6. The molecule has 0 saturated carbocycles. The van der Waals surface area contributed by atoms with Gasteiger partial charge >= 0.3 is 5.97 Å². The Bertz CT molecular complexity index is 340. The van der Waals surface area contributed by atoms with Crippen molar-refractivity contribution in [1.29, 1.82) is 0 Å². The van der Waals surface area contributed by atoms with Crippen molar-refractivity contribution in [2.24, 2.45) is 5.73 Å². The number of primary amides is 1. The molecule has 0 atom stereocenters. The monoisotopic (exact) mass is 325 g/mol. The molecule has 0 rings (SSSR count). The summed E-state index contributed by atoms with van der Waals surface area (Å²) in [6.07, 6.45) is 15.1. The summed E-state index contributed by atoms with van der Waals surface area (Å²) in [6, 6.07) is 0. The highest BCUT2D eigenvalue weighted by Crippen LogP contribution is 2.12. The summed E-state index contributed by atoms with van der Waals surface area (Å²) < 4.78 is 5.05. The Kier molecular flexibility index (Phi) is 14.7. The Balaban J connectivity index is 3.26. The van der Waals surface area contributed by atoms with Gasteiger partial charge in [-0.3, -0.25) is 4.79 Å². The molecule has 0 aliphatic carbocycles. The molecule has 4 nitrogen and oxygen atoms in total. The maximum atomic E-state index is 11.5. The van der Waals surface area contributed by atoms with Crippen molar-refractivity contribution in [3.05, 3.63) is 12.2 Å². The summed E-state index contributed by atoms with van der Waals surface area (Å²) in [4.78, 5) is 22.1. The number of ether oxygens (including phenoxy) is 1. The third-order valence-corrected chi connectivity index (χ3v) is 3.91. The Morgan fingerprint density at radius 2 is 1.26 bits per heavy atom. The van der Waals surface area contributed by atoms with Crippen molar-refractivity contribution < 1.29 is 14.3 Å². The van der Waals surface area contributed by atoms with E-state index in [1.165, 1.54) is 64.2 Å². The van der Waals surface area contributed by atoms with Gasteiger partial charge in [-0.05, 0) is 6.42 Å². The van der Waals surface area contributed by atoms with Crippen LogP contribution in [0.1, 0.15) is 90.4 Å². The van der Waals surface area contributed by atoms with Crippen molar-refractivity contribution in [3.63, 3.8) is 0 Å². The molecular weight excluding hydrogens is 290 g/mol. The van der Waals surface area contributed by atoms with Crippen molar-refractivity contribution in [2.75, 3.05) is 6.61 Å². The van der Waals surface area contributed by atoms with E-state index >= 15 is 0 Å². The van der Waals surface area contributed by atoms with Gasteiger partial charge in [0.15, 0.2) is 0 Å². The average Bonchev–Trinajstić information content (AvgIpc) is 2.51. The highest BCUT2D eigenvalue weighted by molar-refractivity contribution is 5.94. The minimum Gasteiger partial charge on any atom is -0.462 e. The zero-order valence-corrected chi connectivity index (χ0v) is 14.9. The molecule has 134 valence electrons. The van der Waals surface area contributed by atoms with Gasteiger partial charge in [0, 0.05) is 5.57 Å². The predicted octanol–water partition coefficient (Wildman–Crippen LogP) is 4.66. The van der Waals surface area contributed by atoms with Gasteiger partial charge in [0.2, 0.25) is 5.91 Å². The van der Waals surface area contributed by atoms with Crippen LogP contribution in [0.2, 0.25) is 0 Å². The van der Waals surface area contributed by atoms with Crippen LogP contribution in [0.15, 0.2) is 12.2 Å². The normalized spacial score (nSPS) is 10.5. The first kappa shape index (κ1) is 21.7. The first-order valence-corrected chi connectivity index (χ1v) is 9.21. The summed E-state index contributed by atoms with van der Waals surface area (Å²) in [7, 11) is 0. The maximum absolute atomic E-state index is 11.5. The molecule has 0 heterocycles. The highest BCUT2D eigenvalue weighted by atomic mass is 16.5. The molecule has 0 radical (unpaired) electrons. The fourth-order valence-electron chi connectivity index (χ4n) is 2.49. The molecule has 23 heavy (non-hydrogen) atoms. The van der Waals surface area contributed by atoms with Gasteiger partial charge < -0.3 is 10.5 Å². The number of carbonyl (C=O) groups excluding carboxylic acids is 2. The fraction of sp³-hybridized carbons (Fsp3) is 0.789. The van der Waals surface area contributed by atoms with E-state index in [4.69, 9.17) is 10.5 Å². The van der Waals surface area contributed by atoms with Crippen LogP contribution in [0.3, 0.4) is 0 Å². The first-order chi connectivity index (χ1) is 11.1. The number of hydrogen-bond acceptors (Lipinski definition) is 3. The fourth-order valence-corrected chi connectivity index (χ4v) is 2.49. The molecule has 0 saturated heterocycles. The summed E-state index contributed by atoms with van der Waals surface area (Å²) >= 11 is 0. The van der Waals surface area contributed by atoms with Crippen molar-refractivity contribution in [1.82, 2.24) is 0 Å². The lowest BCUT2D eigenvalue weighted by Gasteiger charge is -2.06. The summed E-state index contributed by atoms with van der Waals surface area (Å²) in [6.45, 7) is 6.14. The molecule has 0 fully saturated rings. The van der Waals surface area contributed by atoms with Gasteiger partial charge in [-0.2, -0.15) is 0 Å². The largest absolute Gasteiger partial charge is 0.462 e. The third-order valence-electron chi connectivity index (χ3n) is 3.91. The SMILES string of the molecule is C=C(CC(N)=O)C(=O)OCCCCCCCCCCCCCC. The summed E-state index contributed by atoms with van der Waals surface area (Å²) in [5.41, 5.74) is 5.13. The number of esters is 1. The third kappa shape index (κ3) is 15.4. The highest BCUT2D eigenvalue weighted by Gasteiger charge is 2.10. The zero-order chi connectivity index (χ0) is 17.3. The van der Waals surface area contributed by atoms with E-state index in [1.807, 2.05) is 0 Å². The van der Waals surface area contributed by atoms with E-state index < -0.39 is 11.9 Å². The second-order valence-corrected chi connectivity index (χ2v) is 6.27. The van der Waals surface area contributed by atoms with Crippen LogP contribution >= 0.6 is 0 Å². The van der Waals surface area contributed by atoms with Crippen LogP contribution in [-0.2, 0) is 14.3 Å². The number of amides is 1.